The fourth-order valence-corrected chi connectivity index (χ4v) is 3.60. The van der Waals surface area contributed by atoms with Crippen LogP contribution in [0.15, 0.2) is 29.4 Å². The number of pyridine rings is 1. The first-order valence-corrected chi connectivity index (χ1v) is 10.8. The van der Waals surface area contributed by atoms with Crippen LogP contribution in [-0.4, -0.2) is 39.9 Å². The number of ether oxygens (including phenoxy) is 1. The Hall–Kier alpha value is -1.84. The molecular formula is C22H35IN6O. The average Bonchev–Trinajstić information content (AvgIpc) is 3.33. The molecule has 8 heteroatoms. The molecule has 0 atom stereocenters. The van der Waals surface area contributed by atoms with Crippen LogP contribution in [0, 0.1) is 13.8 Å². The Morgan fingerprint density at radius 3 is 2.67 bits per heavy atom. The predicted octanol–water partition coefficient (Wildman–Crippen LogP) is 3.98. The normalized spacial score (nSPS) is 14.4. The Balaban J connectivity index is 0.00000320. The summed E-state index contributed by atoms with van der Waals surface area (Å²) in [6.45, 7) is 9.36. The van der Waals surface area contributed by atoms with Gasteiger partial charge in [0, 0.05) is 37.6 Å². The first-order chi connectivity index (χ1) is 14.1. The van der Waals surface area contributed by atoms with Crippen molar-refractivity contribution >= 4 is 29.9 Å². The summed E-state index contributed by atoms with van der Waals surface area (Å²) in [7, 11) is 0. The number of nitrogens with zero attached hydrogens (tertiary/aromatic N) is 4. The molecule has 0 saturated heterocycles. The van der Waals surface area contributed by atoms with Crippen LogP contribution in [0.5, 0.6) is 5.88 Å². The molecule has 1 aliphatic carbocycles. The molecule has 2 aromatic rings. The lowest BCUT2D eigenvalue weighted by atomic mass is 10.3. The van der Waals surface area contributed by atoms with Crippen LogP contribution in [0.4, 0.5) is 0 Å². The SMILES string of the molecule is CCNC(=NCc1ccc(OC2CCCC2)nc1)NCCCn1nc(C)cc1C.I. The smallest absolute Gasteiger partial charge is 0.213 e. The highest BCUT2D eigenvalue weighted by molar-refractivity contribution is 14.0. The molecule has 1 saturated carbocycles. The fraction of sp³-hybridized carbons (Fsp3) is 0.591. The Bertz CT molecular complexity index is 783. The summed E-state index contributed by atoms with van der Waals surface area (Å²) in [5.74, 6) is 1.55. The maximum Gasteiger partial charge on any atom is 0.213 e. The van der Waals surface area contributed by atoms with Gasteiger partial charge in [0.15, 0.2) is 5.96 Å². The van der Waals surface area contributed by atoms with Crippen molar-refractivity contribution in [1.29, 1.82) is 0 Å². The summed E-state index contributed by atoms with van der Waals surface area (Å²) in [4.78, 5) is 9.12. The van der Waals surface area contributed by atoms with Gasteiger partial charge in [-0.15, -0.1) is 24.0 Å². The van der Waals surface area contributed by atoms with Gasteiger partial charge in [-0.25, -0.2) is 9.98 Å². The first-order valence-electron chi connectivity index (χ1n) is 10.8. The van der Waals surface area contributed by atoms with Crippen molar-refractivity contribution in [2.75, 3.05) is 13.1 Å². The van der Waals surface area contributed by atoms with Crippen molar-refractivity contribution in [2.24, 2.45) is 4.99 Å². The van der Waals surface area contributed by atoms with Crippen molar-refractivity contribution in [2.45, 2.75) is 72.1 Å². The molecule has 2 heterocycles. The standard InChI is InChI=1S/C22H34N6O.HI/c1-4-23-22(24-12-7-13-28-18(3)14-17(2)27-28)26-16-19-10-11-21(25-15-19)29-20-8-5-6-9-20;/h10-11,14-15,20H,4-9,12-13,16H2,1-3H3,(H2,23,24,26);1H. The third-order valence-corrected chi connectivity index (χ3v) is 5.09. The molecule has 0 aliphatic heterocycles. The van der Waals surface area contributed by atoms with Gasteiger partial charge in [-0.05, 0) is 64.5 Å². The molecule has 166 valence electrons. The van der Waals surface area contributed by atoms with Gasteiger partial charge in [-0.2, -0.15) is 5.10 Å². The van der Waals surface area contributed by atoms with Gasteiger partial charge in [-0.1, -0.05) is 6.07 Å². The zero-order valence-corrected chi connectivity index (χ0v) is 20.7. The average molecular weight is 526 g/mol. The lowest BCUT2D eigenvalue weighted by Gasteiger charge is -2.13. The topological polar surface area (TPSA) is 76.4 Å². The van der Waals surface area contributed by atoms with Crippen molar-refractivity contribution in [3.8, 4) is 5.88 Å². The van der Waals surface area contributed by atoms with E-state index >= 15 is 0 Å². The van der Waals surface area contributed by atoms with Crippen molar-refractivity contribution in [3.05, 3.63) is 41.3 Å². The Labute approximate surface area is 197 Å². The molecule has 2 aromatic heterocycles. The van der Waals surface area contributed by atoms with Gasteiger partial charge in [0.05, 0.1) is 12.2 Å². The van der Waals surface area contributed by atoms with Gasteiger partial charge >= 0.3 is 0 Å². The van der Waals surface area contributed by atoms with Gasteiger partial charge in [0.25, 0.3) is 0 Å². The van der Waals surface area contributed by atoms with E-state index in [4.69, 9.17) is 4.74 Å². The maximum absolute atomic E-state index is 5.93. The largest absolute Gasteiger partial charge is 0.474 e. The van der Waals surface area contributed by atoms with E-state index in [9.17, 15) is 0 Å². The summed E-state index contributed by atoms with van der Waals surface area (Å²) in [5, 5.41) is 11.2. The van der Waals surface area contributed by atoms with E-state index in [1.165, 1.54) is 18.5 Å². The number of nitrogens with one attached hydrogen (secondary N) is 2. The minimum Gasteiger partial charge on any atom is -0.474 e. The number of hydrogen-bond acceptors (Lipinski definition) is 4. The lowest BCUT2D eigenvalue weighted by Crippen LogP contribution is -2.38. The first kappa shape index (κ1) is 24.4. The zero-order valence-electron chi connectivity index (χ0n) is 18.4. The maximum atomic E-state index is 5.93. The van der Waals surface area contributed by atoms with E-state index in [1.54, 1.807) is 0 Å². The number of aromatic nitrogens is 3. The summed E-state index contributed by atoms with van der Waals surface area (Å²) < 4.78 is 7.99. The van der Waals surface area contributed by atoms with Gasteiger partial charge in [0.1, 0.15) is 6.10 Å². The van der Waals surface area contributed by atoms with Gasteiger partial charge in [-0.3, -0.25) is 4.68 Å². The van der Waals surface area contributed by atoms with Gasteiger partial charge < -0.3 is 15.4 Å². The fourth-order valence-electron chi connectivity index (χ4n) is 3.60. The molecule has 2 N–H and O–H groups in total. The number of rotatable bonds is 9. The van der Waals surface area contributed by atoms with E-state index in [0.717, 1.165) is 62.0 Å². The second-order valence-corrected chi connectivity index (χ2v) is 7.65. The molecule has 0 bridgehead atoms. The Kier molecular flexibility index (Phi) is 10.4. The third kappa shape index (κ3) is 7.77. The highest BCUT2D eigenvalue weighted by Gasteiger charge is 2.16. The third-order valence-electron chi connectivity index (χ3n) is 5.09. The van der Waals surface area contributed by atoms with Crippen molar-refractivity contribution < 1.29 is 4.74 Å². The van der Waals surface area contributed by atoms with Crippen LogP contribution in [0.3, 0.4) is 0 Å². The van der Waals surface area contributed by atoms with E-state index in [1.807, 2.05) is 25.3 Å². The van der Waals surface area contributed by atoms with Crippen LogP contribution in [0.1, 0.15) is 56.0 Å². The summed E-state index contributed by atoms with van der Waals surface area (Å²) in [6.07, 6.45) is 8.00. The summed E-state index contributed by atoms with van der Waals surface area (Å²) in [5.41, 5.74) is 3.35. The quantitative estimate of drug-likeness (QED) is 0.224. The van der Waals surface area contributed by atoms with Crippen molar-refractivity contribution in [1.82, 2.24) is 25.4 Å². The molecular weight excluding hydrogens is 491 g/mol. The number of aliphatic imine (C=N–C) groups is 1. The van der Waals surface area contributed by atoms with Crippen LogP contribution in [-0.2, 0) is 13.1 Å². The van der Waals surface area contributed by atoms with E-state index in [2.05, 4.69) is 50.3 Å². The van der Waals surface area contributed by atoms with Crippen LogP contribution in [0.2, 0.25) is 0 Å². The van der Waals surface area contributed by atoms with Crippen molar-refractivity contribution in [3.63, 3.8) is 0 Å². The van der Waals surface area contributed by atoms with Crippen LogP contribution < -0.4 is 15.4 Å². The van der Waals surface area contributed by atoms with E-state index in [-0.39, 0.29) is 24.0 Å². The predicted molar refractivity (Wildman–Crippen MR) is 132 cm³/mol. The molecule has 1 fully saturated rings. The number of aryl methyl sites for hydroxylation is 3. The second kappa shape index (κ2) is 12.8. The van der Waals surface area contributed by atoms with Crippen LogP contribution in [0.25, 0.3) is 0 Å². The van der Waals surface area contributed by atoms with Gasteiger partial charge in [0.2, 0.25) is 5.88 Å². The Morgan fingerprint density at radius 2 is 2.03 bits per heavy atom. The summed E-state index contributed by atoms with van der Waals surface area (Å²) >= 11 is 0. The van der Waals surface area contributed by atoms with E-state index < -0.39 is 0 Å². The zero-order chi connectivity index (χ0) is 20.5. The minimum absolute atomic E-state index is 0. The molecule has 3 rings (SSSR count). The molecule has 0 unspecified atom stereocenters. The number of halogens is 1. The lowest BCUT2D eigenvalue weighted by molar-refractivity contribution is 0.201. The molecule has 0 radical (unpaired) electrons. The highest BCUT2D eigenvalue weighted by atomic mass is 127. The second-order valence-electron chi connectivity index (χ2n) is 7.65. The molecule has 0 spiro atoms. The molecule has 30 heavy (non-hydrogen) atoms. The highest BCUT2D eigenvalue weighted by Crippen LogP contribution is 2.22. The number of guanidine groups is 1. The van der Waals surface area contributed by atoms with Crippen LogP contribution >= 0.6 is 24.0 Å². The minimum atomic E-state index is 0. The summed E-state index contributed by atoms with van der Waals surface area (Å²) in [6, 6.07) is 6.11. The molecule has 1 aliphatic rings. The molecule has 7 nitrogen and oxygen atoms in total. The Morgan fingerprint density at radius 1 is 1.23 bits per heavy atom. The monoisotopic (exact) mass is 526 g/mol. The molecule has 0 aromatic carbocycles. The number of hydrogen-bond donors (Lipinski definition) is 2. The molecule has 0 amide bonds. The van der Waals surface area contributed by atoms with E-state index in [0.29, 0.717) is 12.6 Å².